The van der Waals surface area contributed by atoms with E-state index in [4.69, 9.17) is 8.92 Å². The van der Waals surface area contributed by atoms with E-state index in [1.807, 2.05) is 0 Å². The average molecular weight is 307 g/mol. The molecule has 0 amide bonds. The van der Waals surface area contributed by atoms with Crippen molar-refractivity contribution in [3.05, 3.63) is 28.7 Å². The summed E-state index contributed by atoms with van der Waals surface area (Å²) >= 11 is 3.24. The second kappa shape index (κ2) is 4.83. The van der Waals surface area contributed by atoms with Crippen molar-refractivity contribution in [3.63, 3.8) is 0 Å². The summed E-state index contributed by atoms with van der Waals surface area (Å²) in [5, 5.41) is 0. The first-order valence-electron chi connectivity index (χ1n) is 4.84. The number of hydrogen-bond acceptors (Lipinski definition) is 4. The minimum absolute atomic E-state index is 0.169. The van der Waals surface area contributed by atoms with Gasteiger partial charge in [-0.1, -0.05) is 15.9 Å². The van der Waals surface area contributed by atoms with E-state index in [2.05, 4.69) is 15.9 Å². The molecule has 1 aliphatic heterocycles. The van der Waals surface area contributed by atoms with E-state index in [0.717, 1.165) is 4.47 Å². The second-order valence-corrected chi connectivity index (χ2v) is 5.98. The van der Waals surface area contributed by atoms with Crippen LogP contribution in [0.5, 0.6) is 0 Å². The lowest BCUT2D eigenvalue weighted by Crippen LogP contribution is -2.18. The Kier molecular flexibility index (Phi) is 3.63. The fraction of sp³-hybridized carbons (Fsp3) is 0.400. The number of halogens is 1. The van der Waals surface area contributed by atoms with E-state index in [1.165, 1.54) is 12.1 Å². The zero-order valence-corrected chi connectivity index (χ0v) is 10.8. The Morgan fingerprint density at radius 3 is 2.56 bits per heavy atom. The van der Waals surface area contributed by atoms with Crippen LogP contribution in [0.4, 0.5) is 0 Å². The maximum atomic E-state index is 11.8. The molecule has 1 fully saturated rings. The van der Waals surface area contributed by atoms with Crippen LogP contribution in [0, 0.1) is 0 Å². The maximum absolute atomic E-state index is 11.8. The quantitative estimate of drug-likeness (QED) is 0.801. The summed E-state index contributed by atoms with van der Waals surface area (Å²) in [4.78, 5) is 0.169. The lowest BCUT2D eigenvalue weighted by Gasteiger charge is -2.09. The molecule has 0 N–H and O–H groups in total. The molecular formula is C10H11BrO4S. The number of ether oxygens (including phenoxy) is 1. The van der Waals surface area contributed by atoms with Crippen LogP contribution >= 0.6 is 15.9 Å². The molecular weight excluding hydrogens is 296 g/mol. The van der Waals surface area contributed by atoms with Gasteiger partial charge in [-0.25, -0.2) is 0 Å². The van der Waals surface area contributed by atoms with Crippen LogP contribution in [-0.4, -0.2) is 27.7 Å². The summed E-state index contributed by atoms with van der Waals surface area (Å²) in [6, 6.07) is 6.35. The largest absolute Gasteiger partial charge is 0.379 e. The van der Waals surface area contributed by atoms with Gasteiger partial charge in [0.1, 0.15) is 6.10 Å². The molecule has 0 unspecified atom stereocenters. The summed E-state index contributed by atoms with van der Waals surface area (Å²) in [6.07, 6.45) is 0.268. The van der Waals surface area contributed by atoms with Gasteiger partial charge in [-0.3, -0.25) is 4.18 Å². The molecule has 0 saturated carbocycles. The molecule has 4 nitrogen and oxygen atoms in total. The Morgan fingerprint density at radius 2 is 2.00 bits per heavy atom. The first-order valence-corrected chi connectivity index (χ1v) is 7.05. The highest BCUT2D eigenvalue weighted by molar-refractivity contribution is 9.10. The third-order valence-electron chi connectivity index (χ3n) is 2.25. The minimum Gasteiger partial charge on any atom is -0.379 e. The van der Waals surface area contributed by atoms with Crippen LogP contribution in [0.2, 0.25) is 0 Å². The van der Waals surface area contributed by atoms with Crippen molar-refractivity contribution in [1.29, 1.82) is 0 Å². The van der Waals surface area contributed by atoms with Gasteiger partial charge in [-0.2, -0.15) is 8.42 Å². The van der Waals surface area contributed by atoms with E-state index in [1.54, 1.807) is 12.1 Å². The fourth-order valence-corrected chi connectivity index (χ4v) is 2.78. The molecule has 0 aliphatic carbocycles. The van der Waals surface area contributed by atoms with Gasteiger partial charge in [-0.05, 0) is 24.3 Å². The van der Waals surface area contributed by atoms with Crippen molar-refractivity contribution in [2.24, 2.45) is 0 Å². The Labute approximate surface area is 103 Å². The second-order valence-electron chi connectivity index (χ2n) is 3.49. The van der Waals surface area contributed by atoms with E-state index in [-0.39, 0.29) is 11.0 Å². The van der Waals surface area contributed by atoms with Gasteiger partial charge in [0.05, 0.1) is 11.5 Å². The van der Waals surface area contributed by atoms with Crippen LogP contribution in [0.3, 0.4) is 0 Å². The molecule has 2 rings (SSSR count). The Bertz CT molecular complexity index is 448. The van der Waals surface area contributed by atoms with Crippen LogP contribution < -0.4 is 0 Å². The number of rotatable bonds is 3. The van der Waals surface area contributed by atoms with Crippen molar-refractivity contribution >= 4 is 26.0 Å². The van der Waals surface area contributed by atoms with E-state index >= 15 is 0 Å². The summed E-state index contributed by atoms with van der Waals surface area (Å²) in [5.74, 6) is 0. The van der Waals surface area contributed by atoms with Crippen molar-refractivity contribution in [2.75, 3.05) is 13.2 Å². The monoisotopic (exact) mass is 306 g/mol. The molecule has 1 atom stereocenters. The minimum atomic E-state index is -3.66. The standard InChI is InChI=1S/C10H11BrO4S/c11-8-1-3-10(4-2-8)16(12,13)15-9-5-6-14-7-9/h1-4,9H,5-7H2/t9-/m1/s1. The normalized spacial score (nSPS) is 21.2. The molecule has 0 spiro atoms. The molecule has 1 heterocycles. The van der Waals surface area contributed by atoms with Crippen molar-refractivity contribution in [3.8, 4) is 0 Å². The zero-order chi connectivity index (χ0) is 11.6. The summed E-state index contributed by atoms with van der Waals surface area (Å²) < 4.78 is 34.6. The summed E-state index contributed by atoms with van der Waals surface area (Å²) in [6.45, 7) is 0.899. The van der Waals surface area contributed by atoms with Gasteiger partial charge in [-0.15, -0.1) is 0 Å². The lowest BCUT2D eigenvalue weighted by molar-refractivity contribution is 0.145. The van der Waals surface area contributed by atoms with Gasteiger partial charge < -0.3 is 4.74 Å². The number of hydrogen-bond donors (Lipinski definition) is 0. The molecule has 1 saturated heterocycles. The van der Waals surface area contributed by atoms with Gasteiger partial charge in [0.25, 0.3) is 10.1 Å². The molecule has 0 aromatic heterocycles. The highest BCUT2D eigenvalue weighted by Gasteiger charge is 2.24. The third kappa shape index (κ3) is 2.82. The van der Waals surface area contributed by atoms with Crippen LogP contribution in [0.1, 0.15) is 6.42 Å². The Hall–Kier alpha value is -0.430. The van der Waals surface area contributed by atoms with Crippen molar-refractivity contribution < 1.29 is 17.3 Å². The maximum Gasteiger partial charge on any atom is 0.297 e. The third-order valence-corrected chi connectivity index (χ3v) is 4.16. The predicted octanol–water partition coefficient (Wildman–Crippen LogP) is 1.94. The average Bonchev–Trinajstić information content (AvgIpc) is 2.70. The molecule has 6 heteroatoms. The van der Waals surface area contributed by atoms with Gasteiger partial charge >= 0.3 is 0 Å². The first kappa shape index (κ1) is 12.0. The Morgan fingerprint density at radius 1 is 1.31 bits per heavy atom. The summed E-state index contributed by atoms with van der Waals surface area (Å²) in [7, 11) is -3.66. The Balaban J connectivity index is 2.14. The first-order chi connectivity index (χ1) is 7.58. The zero-order valence-electron chi connectivity index (χ0n) is 8.43. The highest BCUT2D eigenvalue weighted by Crippen LogP contribution is 2.20. The van der Waals surface area contributed by atoms with Crippen LogP contribution in [-0.2, 0) is 19.0 Å². The fourth-order valence-electron chi connectivity index (χ4n) is 1.42. The van der Waals surface area contributed by atoms with Crippen LogP contribution in [0.25, 0.3) is 0 Å². The van der Waals surface area contributed by atoms with Crippen molar-refractivity contribution in [2.45, 2.75) is 17.4 Å². The molecule has 0 bridgehead atoms. The molecule has 1 aromatic rings. The highest BCUT2D eigenvalue weighted by atomic mass is 79.9. The smallest absolute Gasteiger partial charge is 0.297 e. The molecule has 88 valence electrons. The van der Waals surface area contributed by atoms with Gasteiger partial charge in [0, 0.05) is 17.5 Å². The SMILES string of the molecule is O=S(=O)(O[C@@H]1CCOC1)c1ccc(Br)cc1. The number of benzene rings is 1. The molecule has 1 aromatic carbocycles. The van der Waals surface area contributed by atoms with Gasteiger partial charge in [0.15, 0.2) is 0 Å². The molecule has 1 aliphatic rings. The van der Waals surface area contributed by atoms with Crippen LogP contribution in [0.15, 0.2) is 33.6 Å². The van der Waals surface area contributed by atoms with E-state index in [0.29, 0.717) is 19.6 Å². The lowest BCUT2D eigenvalue weighted by atomic mass is 10.3. The molecule has 16 heavy (non-hydrogen) atoms. The summed E-state index contributed by atoms with van der Waals surface area (Å²) in [5.41, 5.74) is 0. The van der Waals surface area contributed by atoms with Gasteiger partial charge in [0.2, 0.25) is 0 Å². The van der Waals surface area contributed by atoms with Crippen molar-refractivity contribution in [1.82, 2.24) is 0 Å². The topological polar surface area (TPSA) is 52.6 Å². The van der Waals surface area contributed by atoms with E-state index < -0.39 is 10.1 Å². The van der Waals surface area contributed by atoms with E-state index in [9.17, 15) is 8.42 Å². The molecule has 0 radical (unpaired) electrons. The predicted molar refractivity (Wildman–Crippen MR) is 61.6 cm³/mol.